The number of piperidine rings is 1. The zero-order chi connectivity index (χ0) is 23.7. The number of fused-ring (bicyclic) bond motifs is 1. The molecule has 1 atom stereocenters. The van der Waals surface area contributed by atoms with E-state index in [0.29, 0.717) is 5.82 Å². The van der Waals surface area contributed by atoms with Gasteiger partial charge in [0, 0.05) is 36.1 Å². The fourth-order valence-electron chi connectivity index (χ4n) is 5.22. The minimum Gasteiger partial charge on any atom is -0.370 e. The summed E-state index contributed by atoms with van der Waals surface area (Å²) in [5, 5.41) is 8.30. The van der Waals surface area contributed by atoms with Gasteiger partial charge in [0.2, 0.25) is 0 Å². The topological polar surface area (TPSA) is 33.1 Å². The number of alkyl halides is 3. The van der Waals surface area contributed by atoms with Crippen LogP contribution in [0.25, 0.3) is 5.69 Å². The van der Waals surface area contributed by atoms with E-state index in [1.54, 1.807) is 0 Å². The van der Waals surface area contributed by atoms with Crippen molar-refractivity contribution in [2.45, 2.75) is 50.7 Å². The average molecular weight is 489 g/mol. The van der Waals surface area contributed by atoms with Crippen LogP contribution in [0.2, 0.25) is 5.02 Å². The van der Waals surface area contributed by atoms with Crippen LogP contribution in [-0.4, -0.2) is 34.3 Å². The standard InChI is InChI=1S/C26H28ClF3N4/c27-20-11-12-23(22(15-20)26(28,29)30)34-25-21(10-4-5-13-31-25)24(32-34)19-9-6-14-33(17-19)16-18-7-2-1-3-8-18/h1-3,7-8,11-12,15,19,31H,4-6,9-10,13-14,16-17H2. The van der Waals surface area contributed by atoms with Crippen molar-refractivity contribution in [3.63, 3.8) is 0 Å². The highest BCUT2D eigenvalue weighted by molar-refractivity contribution is 6.30. The Balaban J connectivity index is 1.52. The first-order valence-electron chi connectivity index (χ1n) is 11.9. The van der Waals surface area contributed by atoms with Gasteiger partial charge >= 0.3 is 6.18 Å². The number of nitrogens with zero attached hydrogens (tertiary/aromatic N) is 3. The Morgan fingerprint density at radius 2 is 1.88 bits per heavy atom. The molecule has 0 aliphatic carbocycles. The molecule has 3 aromatic rings. The second kappa shape index (κ2) is 9.62. The lowest BCUT2D eigenvalue weighted by atomic mass is 9.91. The van der Waals surface area contributed by atoms with Crippen LogP contribution in [0.15, 0.2) is 48.5 Å². The quantitative estimate of drug-likeness (QED) is 0.445. The van der Waals surface area contributed by atoms with Crippen LogP contribution >= 0.6 is 11.6 Å². The molecule has 0 saturated carbocycles. The van der Waals surface area contributed by atoms with E-state index >= 15 is 0 Å². The third-order valence-corrected chi connectivity index (χ3v) is 7.03. The van der Waals surface area contributed by atoms with Crippen LogP contribution in [0.1, 0.15) is 54.0 Å². The number of hydrogen-bond acceptors (Lipinski definition) is 3. The van der Waals surface area contributed by atoms with Gasteiger partial charge in [-0.1, -0.05) is 41.9 Å². The first-order chi connectivity index (χ1) is 16.4. The van der Waals surface area contributed by atoms with E-state index in [9.17, 15) is 13.2 Å². The number of nitrogens with one attached hydrogen (secondary N) is 1. The van der Waals surface area contributed by atoms with Crippen molar-refractivity contribution in [1.82, 2.24) is 14.7 Å². The molecule has 3 heterocycles. The molecule has 2 aromatic carbocycles. The van der Waals surface area contributed by atoms with Crippen LogP contribution < -0.4 is 5.32 Å². The number of rotatable bonds is 4. The minimum atomic E-state index is -4.53. The molecule has 1 saturated heterocycles. The number of aromatic nitrogens is 2. The van der Waals surface area contributed by atoms with Gasteiger partial charge in [-0.25, -0.2) is 4.68 Å². The summed E-state index contributed by atoms with van der Waals surface area (Å²) in [5.41, 5.74) is 2.52. The summed E-state index contributed by atoms with van der Waals surface area (Å²) >= 11 is 5.94. The third kappa shape index (κ3) is 4.82. The van der Waals surface area contributed by atoms with Gasteiger partial charge in [0.15, 0.2) is 0 Å². The van der Waals surface area contributed by atoms with Crippen LogP contribution in [-0.2, 0) is 19.1 Å². The van der Waals surface area contributed by atoms with Crippen molar-refractivity contribution in [3.8, 4) is 5.69 Å². The molecule has 0 amide bonds. The molecule has 2 aliphatic heterocycles. The van der Waals surface area contributed by atoms with Crippen molar-refractivity contribution in [3.05, 3.63) is 75.9 Å². The summed E-state index contributed by atoms with van der Waals surface area (Å²) in [7, 11) is 0. The molecular formula is C26H28ClF3N4. The lowest BCUT2D eigenvalue weighted by Crippen LogP contribution is -2.34. The van der Waals surface area contributed by atoms with Crippen molar-refractivity contribution in [2.24, 2.45) is 0 Å². The predicted molar refractivity (Wildman–Crippen MR) is 129 cm³/mol. The Kier molecular flexibility index (Phi) is 6.58. The lowest BCUT2D eigenvalue weighted by Gasteiger charge is -2.32. The highest BCUT2D eigenvalue weighted by Gasteiger charge is 2.36. The Labute approximate surface area is 202 Å². The zero-order valence-electron chi connectivity index (χ0n) is 18.9. The minimum absolute atomic E-state index is 0.0192. The van der Waals surface area contributed by atoms with E-state index in [4.69, 9.17) is 16.7 Å². The van der Waals surface area contributed by atoms with E-state index in [0.717, 1.165) is 75.6 Å². The van der Waals surface area contributed by atoms with Crippen LogP contribution in [0.3, 0.4) is 0 Å². The first kappa shape index (κ1) is 23.2. The number of hydrogen-bond donors (Lipinski definition) is 1. The van der Waals surface area contributed by atoms with Gasteiger partial charge < -0.3 is 5.32 Å². The first-order valence-corrected chi connectivity index (χ1v) is 12.3. The Bertz CT molecular complexity index is 1140. The van der Waals surface area contributed by atoms with Gasteiger partial charge in [-0.15, -0.1) is 0 Å². The molecule has 2 aliphatic rings. The average Bonchev–Trinajstić information content (AvgIpc) is 3.00. The summed E-state index contributed by atoms with van der Waals surface area (Å²) in [5.74, 6) is 0.884. The number of likely N-dealkylation sites (tertiary alicyclic amines) is 1. The number of halogens is 4. The smallest absolute Gasteiger partial charge is 0.370 e. The third-order valence-electron chi connectivity index (χ3n) is 6.79. The fraction of sp³-hybridized carbons (Fsp3) is 0.423. The van der Waals surface area contributed by atoms with Crippen molar-refractivity contribution < 1.29 is 13.2 Å². The molecule has 1 unspecified atom stereocenters. The summed E-state index contributed by atoms with van der Waals surface area (Å²) < 4.78 is 43.2. The largest absolute Gasteiger partial charge is 0.418 e. The summed E-state index contributed by atoms with van der Waals surface area (Å²) in [6.45, 7) is 3.46. The van der Waals surface area contributed by atoms with E-state index < -0.39 is 11.7 Å². The van der Waals surface area contributed by atoms with Crippen LogP contribution in [0, 0.1) is 0 Å². The molecule has 0 radical (unpaired) electrons. The molecular weight excluding hydrogens is 461 g/mol. The lowest BCUT2D eigenvalue weighted by molar-refractivity contribution is -0.137. The molecule has 180 valence electrons. The van der Waals surface area contributed by atoms with Crippen LogP contribution in [0.4, 0.5) is 19.0 Å². The molecule has 0 bridgehead atoms. The van der Waals surface area contributed by atoms with E-state index in [-0.39, 0.29) is 16.6 Å². The normalized spacial score (nSPS) is 19.4. The molecule has 5 rings (SSSR count). The molecule has 1 aromatic heterocycles. The molecule has 4 nitrogen and oxygen atoms in total. The van der Waals surface area contributed by atoms with Crippen molar-refractivity contribution >= 4 is 17.4 Å². The van der Waals surface area contributed by atoms with Crippen molar-refractivity contribution in [2.75, 3.05) is 25.0 Å². The zero-order valence-corrected chi connectivity index (χ0v) is 19.7. The van der Waals surface area contributed by atoms with E-state index in [1.165, 1.54) is 22.4 Å². The molecule has 34 heavy (non-hydrogen) atoms. The SMILES string of the molecule is FC(F)(F)c1cc(Cl)ccc1-n1nc(C2CCCN(Cc3ccccc3)C2)c2c1NCCCC2. The maximum atomic E-state index is 13.9. The Morgan fingerprint density at radius 1 is 1.06 bits per heavy atom. The second-order valence-electron chi connectivity index (χ2n) is 9.23. The summed E-state index contributed by atoms with van der Waals surface area (Å²) in [6, 6.07) is 14.3. The Morgan fingerprint density at radius 3 is 2.68 bits per heavy atom. The predicted octanol–water partition coefficient (Wildman–Crippen LogP) is 6.67. The highest BCUT2D eigenvalue weighted by atomic mass is 35.5. The second-order valence-corrected chi connectivity index (χ2v) is 9.66. The Hall–Kier alpha value is -2.51. The molecule has 0 spiro atoms. The molecule has 8 heteroatoms. The monoisotopic (exact) mass is 488 g/mol. The maximum absolute atomic E-state index is 13.9. The van der Waals surface area contributed by atoms with Gasteiger partial charge in [-0.3, -0.25) is 4.90 Å². The van der Waals surface area contributed by atoms with Crippen LogP contribution in [0.5, 0.6) is 0 Å². The number of anilines is 1. The van der Waals surface area contributed by atoms with Gasteiger partial charge in [0.05, 0.1) is 16.9 Å². The maximum Gasteiger partial charge on any atom is 0.418 e. The van der Waals surface area contributed by atoms with Gasteiger partial charge in [0.25, 0.3) is 0 Å². The van der Waals surface area contributed by atoms with Gasteiger partial charge in [0.1, 0.15) is 5.82 Å². The summed E-state index contributed by atoms with van der Waals surface area (Å²) in [6.07, 6.45) is 0.295. The highest BCUT2D eigenvalue weighted by Crippen LogP contribution is 2.40. The fourth-order valence-corrected chi connectivity index (χ4v) is 5.39. The van der Waals surface area contributed by atoms with E-state index in [2.05, 4.69) is 22.3 Å². The molecule has 1 fully saturated rings. The van der Waals surface area contributed by atoms with Gasteiger partial charge in [-0.05, 0) is 62.4 Å². The van der Waals surface area contributed by atoms with Crippen molar-refractivity contribution in [1.29, 1.82) is 0 Å². The number of benzene rings is 2. The summed E-state index contributed by atoms with van der Waals surface area (Å²) in [4.78, 5) is 2.43. The van der Waals surface area contributed by atoms with E-state index in [1.807, 2.05) is 18.2 Å². The van der Waals surface area contributed by atoms with Gasteiger partial charge in [-0.2, -0.15) is 18.3 Å². The molecule has 1 N–H and O–H groups in total.